The zero-order valence-corrected chi connectivity index (χ0v) is 12.5. The molecule has 0 unspecified atom stereocenters. The molecule has 1 aliphatic rings. The third-order valence-corrected chi connectivity index (χ3v) is 4.01. The second-order valence-electron chi connectivity index (χ2n) is 5.60. The number of hydrogen-bond acceptors (Lipinski definition) is 3. The summed E-state index contributed by atoms with van der Waals surface area (Å²) in [5, 5.41) is 12.3. The maximum atomic E-state index is 11.0. The zero-order valence-electron chi connectivity index (χ0n) is 12.5. The van der Waals surface area contributed by atoms with E-state index in [4.69, 9.17) is 5.11 Å². The van der Waals surface area contributed by atoms with Gasteiger partial charge in [-0.25, -0.2) is 4.79 Å². The summed E-state index contributed by atoms with van der Waals surface area (Å²) in [4.78, 5) is 13.4. The SMILES string of the molecule is O=C(O)c1cccc(NCc2ccc(N3CCCC3)cc2)c1. The molecule has 2 aromatic rings. The second kappa shape index (κ2) is 6.52. The van der Waals surface area contributed by atoms with Crippen molar-refractivity contribution in [3.63, 3.8) is 0 Å². The summed E-state index contributed by atoms with van der Waals surface area (Å²) >= 11 is 0. The Bertz CT molecular complexity index is 646. The molecule has 0 aliphatic carbocycles. The number of nitrogens with zero attached hydrogens (tertiary/aromatic N) is 1. The molecule has 22 heavy (non-hydrogen) atoms. The van der Waals surface area contributed by atoms with E-state index in [-0.39, 0.29) is 0 Å². The lowest BCUT2D eigenvalue weighted by atomic mass is 10.1. The Labute approximate surface area is 130 Å². The normalized spacial score (nSPS) is 14.1. The maximum absolute atomic E-state index is 11.0. The molecule has 1 saturated heterocycles. The van der Waals surface area contributed by atoms with E-state index in [0.29, 0.717) is 12.1 Å². The Morgan fingerprint density at radius 2 is 1.82 bits per heavy atom. The number of benzene rings is 2. The second-order valence-corrected chi connectivity index (χ2v) is 5.60. The molecule has 0 amide bonds. The Balaban J connectivity index is 1.61. The first kappa shape index (κ1) is 14.4. The van der Waals surface area contributed by atoms with Crippen molar-refractivity contribution >= 4 is 17.3 Å². The lowest BCUT2D eigenvalue weighted by molar-refractivity contribution is 0.0697. The van der Waals surface area contributed by atoms with Crippen LogP contribution >= 0.6 is 0 Å². The van der Waals surface area contributed by atoms with Gasteiger partial charge in [0.2, 0.25) is 0 Å². The lowest BCUT2D eigenvalue weighted by Crippen LogP contribution is -2.17. The van der Waals surface area contributed by atoms with Crippen molar-refractivity contribution in [2.24, 2.45) is 0 Å². The van der Waals surface area contributed by atoms with Crippen LogP contribution in [0.4, 0.5) is 11.4 Å². The highest BCUT2D eigenvalue weighted by atomic mass is 16.4. The fourth-order valence-corrected chi connectivity index (χ4v) is 2.77. The van der Waals surface area contributed by atoms with Gasteiger partial charge in [-0.05, 0) is 48.7 Å². The van der Waals surface area contributed by atoms with Crippen molar-refractivity contribution in [2.45, 2.75) is 19.4 Å². The zero-order chi connectivity index (χ0) is 15.4. The summed E-state index contributed by atoms with van der Waals surface area (Å²) in [7, 11) is 0. The number of aromatic carboxylic acids is 1. The van der Waals surface area contributed by atoms with Gasteiger partial charge in [-0.2, -0.15) is 0 Å². The van der Waals surface area contributed by atoms with E-state index in [0.717, 1.165) is 18.8 Å². The van der Waals surface area contributed by atoms with Gasteiger partial charge >= 0.3 is 5.97 Å². The van der Waals surface area contributed by atoms with Gasteiger partial charge in [0.25, 0.3) is 0 Å². The Kier molecular flexibility index (Phi) is 4.28. The maximum Gasteiger partial charge on any atom is 0.335 e. The number of carbonyl (C=O) groups is 1. The fraction of sp³-hybridized carbons (Fsp3) is 0.278. The highest BCUT2D eigenvalue weighted by molar-refractivity contribution is 5.88. The molecule has 114 valence electrons. The van der Waals surface area contributed by atoms with Crippen LogP contribution < -0.4 is 10.2 Å². The van der Waals surface area contributed by atoms with E-state index >= 15 is 0 Å². The van der Waals surface area contributed by atoms with Crippen LogP contribution in [0.1, 0.15) is 28.8 Å². The van der Waals surface area contributed by atoms with Gasteiger partial charge in [0, 0.05) is 31.0 Å². The summed E-state index contributed by atoms with van der Waals surface area (Å²) in [5.41, 5.74) is 3.59. The van der Waals surface area contributed by atoms with Crippen LogP contribution in [-0.4, -0.2) is 24.2 Å². The fourth-order valence-electron chi connectivity index (χ4n) is 2.77. The van der Waals surface area contributed by atoms with E-state index in [1.807, 2.05) is 6.07 Å². The molecule has 3 rings (SSSR count). The topological polar surface area (TPSA) is 52.6 Å². The Morgan fingerprint density at radius 3 is 2.50 bits per heavy atom. The van der Waals surface area contributed by atoms with E-state index in [2.05, 4.69) is 34.5 Å². The summed E-state index contributed by atoms with van der Waals surface area (Å²) in [6.07, 6.45) is 2.56. The monoisotopic (exact) mass is 296 g/mol. The van der Waals surface area contributed by atoms with Crippen LogP contribution in [0.2, 0.25) is 0 Å². The van der Waals surface area contributed by atoms with Crippen LogP contribution in [-0.2, 0) is 6.54 Å². The van der Waals surface area contributed by atoms with E-state index < -0.39 is 5.97 Å². The first-order chi connectivity index (χ1) is 10.7. The lowest BCUT2D eigenvalue weighted by Gasteiger charge is -2.17. The van der Waals surface area contributed by atoms with Crippen LogP contribution in [0.25, 0.3) is 0 Å². The quantitative estimate of drug-likeness (QED) is 0.885. The minimum absolute atomic E-state index is 0.300. The van der Waals surface area contributed by atoms with Crippen LogP contribution in [0.5, 0.6) is 0 Å². The molecule has 4 heteroatoms. The largest absolute Gasteiger partial charge is 0.478 e. The van der Waals surface area contributed by atoms with Crippen molar-refractivity contribution in [1.82, 2.24) is 0 Å². The number of hydrogen-bond donors (Lipinski definition) is 2. The van der Waals surface area contributed by atoms with E-state index in [9.17, 15) is 4.79 Å². The molecular formula is C18H20N2O2. The van der Waals surface area contributed by atoms with Crippen molar-refractivity contribution in [1.29, 1.82) is 0 Å². The van der Waals surface area contributed by atoms with Gasteiger partial charge in [0.05, 0.1) is 5.56 Å². The number of carboxylic acid groups (broad SMARTS) is 1. The van der Waals surface area contributed by atoms with Crippen LogP contribution in [0.3, 0.4) is 0 Å². The van der Waals surface area contributed by atoms with Crippen molar-refractivity contribution < 1.29 is 9.90 Å². The van der Waals surface area contributed by atoms with Crippen molar-refractivity contribution in [3.05, 3.63) is 59.7 Å². The minimum Gasteiger partial charge on any atom is -0.478 e. The Hall–Kier alpha value is -2.49. The number of nitrogens with one attached hydrogen (secondary N) is 1. The van der Waals surface area contributed by atoms with Gasteiger partial charge in [-0.15, -0.1) is 0 Å². The minimum atomic E-state index is -0.904. The number of rotatable bonds is 5. The third kappa shape index (κ3) is 3.39. The molecule has 0 radical (unpaired) electrons. The smallest absolute Gasteiger partial charge is 0.335 e. The molecule has 0 saturated carbocycles. The molecule has 0 atom stereocenters. The van der Waals surface area contributed by atoms with Crippen LogP contribution in [0.15, 0.2) is 48.5 Å². The Morgan fingerprint density at radius 1 is 1.09 bits per heavy atom. The first-order valence-electron chi connectivity index (χ1n) is 7.63. The summed E-state index contributed by atoms with van der Waals surface area (Å²) < 4.78 is 0. The molecule has 0 spiro atoms. The van der Waals surface area contributed by atoms with Gasteiger partial charge in [-0.3, -0.25) is 0 Å². The van der Waals surface area contributed by atoms with Crippen molar-refractivity contribution in [3.8, 4) is 0 Å². The summed E-state index contributed by atoms with van der Waals surface area (Å²) in [6.45, 7) is 2.99. The molecule has 0 aromatic heterocycles. The molecular weight excluding hydrogens is 276 g/mol. The summed E-state index contributed by atoms with van der Waals surface area (Å²) in [5.74, 6) is -0.904. The molecule has 1 aliphatic heterocycles. The van der Waals surface area contributed by atoms with Gasteiger partial charge in [0.15, 0.2) is 0 Å². The molecule has 1 fully saturated rings. The molecule has 0 bridgehead atoms. The molecule has 2 aromatic carbocycles. The predicted molar refractivity (Wildman–Crippen MR) is 88.6 cm³/mol. The average molecular weight is 296 g/mol. The van der Waals surface area contributed by atoms with Crippen LogP contribution in [0, 0.1) is 0 Å². The highest BCUT2D eigenvalue weighted by Crippen LogP contribution is 2.21. The van der Waals surface area contributed by atoms with Gasteiger partial charge in [-0.1, -0.05) is 18.2 Å². The highest BCUT2D eigenvalue weighted by Gasteiger charge is 2.11. The number of carboxylic acids is 1. The molecule has 2 N–H and O–H groups in total. The van der Waals surface area contributed by atoms with E-state index in [1.165, 1.54) is 24.1 Å². The third-order valence-electron chi connectivity index (χ3n) is 4.01. The molecule has 4 nitrogen and oxygen atoms in total. The summed E-state index contributed by atoms with van der Waals surface area (Å²) in [6, 6.07) is 15.5. The standard InChI is InChI=1S/C18H20N2O2/c21-18(22)15-4-3-5-16(12-15)19-13-14-6-8-17(9-7-14)20-10-1-2-11-20/h3-9,12,19H,1-2,10-11,13H2,(H,21,22). The number of anilines is 2. The van der Waals surface area contributed by atoms with E-state index in [1.54, 1.807) is 18.2 Å². The van der Waals surface area contributed by atoms with Gasteiger partial charge in [0.1, 0.15) is 0 Å². The molecule has 1 heterocycles. The van der Waals surface area contributed by atoms with Gasteiger partial charge < -0.3 is 15.3 Å². The van der Waals surface area contributed by atoms with Crippen molar-refractivity contribution in [2.75, 3.05) is 23.3 Å². The first-order valence-corrected chi connectivity index (χ1v) is 7.63. The predicted octanol–water partition coefficient (Wildman–Crippen LogP) is 3.60. The average Bonchev–Trinajstić information content (AvgIpc) is 3.08.